The Bertz CT molecular complexity index is 273. The van der Waals surface area contributed by atoms with Crippen LogP contribution >= 0.6 is 0 Å². The highest BCUT2D eigenvalue weighted by atomic mass is 16.5. The van der Waals surface area contributed by atoms with Gasteiger partial charge in [0.1, 0.15) is 0 Å². The van der Waals surface area contributed by atoms with E-state index in [1.807, 2.05) is 6.92 Å². The van der Waals surface area contributed by atoms with Gasteiger partial charge in [0.2, 0.25) is 5.88 Å². The highest BCUT2D eigenvalue weighted by molar-refractivity contribution is 5.49. The summed E-state index contributed by atoms with van der Waals surface area (Å²) in [6.07, 6.45) is 1.67. The average Bonchev–Trinajstić information content (AvgIpc) is 2.04. The minimum absolute atomic E-state index is 0.0503. The third kappa shape index (κ3) is 1.65. The monoisotopic (exact) mass is 167 g/mol. The van der Waals surface area contributed by atoms with Crippen molar-refractivity contribution in [1.82, 2.24) is 4.98 Å². The number of nitrogens with two attached hydrogens (primary N) is 2. The zero-order valence-electron chi connectivity index (χ0n) is 7.24. The first kappa shape index (κ1) is 8.80. The quantitative estimate of drug-likeness (QED) is 0.679. The number of nitrogen functional groups attached to an aromatic ring is 1. The van der Waals surface area contributed by atoms with Crippen LogP contribution in [0.5, 0.6) is 5.88 Å². The molecule has 0 saturated heterocycles. The molecule has 12 heavy (non-hydrogen) atoms. The Morgan fingerprint density at radius 3 is 2.67 bits per heavy atom. The normalized spacial score (nSPS) is 12.6. The summed E-state index contributed by atoms with van der Waals surface area (Å²) >= 11 is 0. The maximum atomic E-state index is 5.64. The topological polar surface area (TPSA) is 74.2 Å². The number of aromatic nitrogens is 1. The molecule has 4 nitrogen and oxygen atoms in total. The van der Waals surface area contributed by atoms with Crippen LogP contribution in [-0.2, 0) is 0 Å². The first-order valence-electron chi connectivity index (χ1n) is 3.70. The van der Waals surface area contributed by atoms with Gasteiger partial charge in [-0.05, 0) is 18.6 Å². The van der Waals surface area contributed by atoms with Crippen molar-refractivity contribution >= 4 is 5.69 Å². The Balaban J connectivity index is 3.02. The summed E-state index contributed by atoms with van der Waals surface area (Å²) in [5.74, 6) is 0.444. The summed E-state index contributed by atoms with van der Waals surface area (Å²) in [7, 11) is 1.53. The molecule has 1 aromatic rings. The molecule has 0 bridgehead atoms. The molecule has 66 valence electrons. The lowest BCUT2D eigenvalue weighted by Crippen LogP contribution is -2.06. The van der Waals surface area contributed by atoms with E-state index >= 15 is 0 Å². The van der Waals surface area contributed by atoms with Gasteiger partial charge in [-0.25, -0.2) is 4.98 Å². The van der Waals surface area contributed by atoms with Crippen molar-refractivity contribution in [1.29, 1.82) is 0 Å². The van der Waals surface area contributed by atoms with Crippen LogP contribution < -0.4 is 16.2 Å². The van der Waals surface area contributed by atoms with Gasteiger partial charge in [0, 0.05) is 12.2 Å². The number of rotatable bonds is 2. The number of anilines is 1. The van der Waals surface area contributed by atoms with Gasteiger partial charge >= 0.3 is 0 Å². The lowest BCUT2D eigenvalue weighted by molar-refractivity contribution is 0.400. The van der Waals surface area contributed by atoms with Crippen LogP contribution in [0.3, 0.4) is 0 Å². The first-order valence-corrected chi connectivity index (χ1v) is 3.70. The zero-order chi connectivity index (χ0) is 9.14. The van der Waals surface area contributed by atoms with E-state index in [0.29, 0.717) is 11.6 Å². The minimum Gasteiger partial charge on any atom is -0.480 e. The largest absolute Gasteiger partial charge is 0.480 e. The predicted octanol–water partition coefficient (Wildman–Crippen LogP) is 0.692. The molecular weight excluding hydrogens is 154 g/mol. The van der Waals surface area contributed by atoms with Gasteiger partial charge in [0.25, 0.3) is 0 Å². The Morgan fingerprint density at radius 2 is 2.25 bits per heavy atom. The molecular formula is C8H13N3O. The van der Waals surface area contributed by atoms with E-state index in [4.69, 9.17) is 16.2 Å². The standard InChI is InChI=1S/C8H13N3O/c1-5(9)6-3-7(10)8(12-2)11-4-6/h3-5H,9-10H2,1-2H3/t5-/m1/s1. The van der Waals surface area contributed by atoms with Crippen molar-refractivity contribution in [2.24, 2.45) is 5.73 Å². The molecule has 0 fully saturated rings. The fourth-order valence-corrected chi connectivity index (χ4v) is 0.906. The molecule has 0 saturated carbocycles. The summed E-state index contributed by atoms with van der Waals surface area (Å²) in [5.41, 5.74) is 12.7. The van der Waals surface area contributed by atoms with Crippen molar-refractivity contribution in [2.45, 2.75) is 13.0 Å². The Kier molecular flexibility index (Phi) is 2.50. The fraction of sp³-hybridized carbons (Fsp3) is 0.375. The first-order chi connectivity index (χ1) is 5.65. The van der Waals surface area contributed by atoms with E-state index in [-0.39, 0.29) is 6.04 Å². The number of hydrogen-bond acceptors (Lipinski definition) is 4. The summed E-state index contributed by atoms with van der Waals surface area (Å²) < 4.78 is 4.90. The summed E-state index contributed by atoms with van der Waals surface area (Å²) in [6.45, 7) is 1.88. The van der Waals surface area contributed by atoms with E-state index < -0.39 is 0 Å². The fourth-order valence-electron chi connectivity index (χ4n) is 0.906. The van der Waals surface area contributed by atoms with Crippen LogP contribution in [0, 0.1) is 0 Å². The Morgan fingerprint density at radius 1 is 1.58 bits per heavy atom. The third-order valence-corrected chi connectivity index (χ3v) is 1.62. The smallest absolute Gasteiger partial charge is 0.236 e. The maximum absolute atomic E-state index is 5.64. The third-order valence-electron chi connectivity index (χ3n) is 1.62. The highest BCUT2D eigenvalue weighted by Gasteiger charge is 2.04. The minimum atomic E-state index is -0.0503. The lowest BCUT2D eigenvalue weighted by Gasteiger charge is -2.07. The SMILES string of the molecule is COc1ncc([C@@H](C)N)cc1N. The maximum Gasteiger partial charge on any atom is 0.236 e. The molecule has 1 atom stereocenters. The van der Waals surface area contributed by atoms with Crippen LogP contribution in [0.25, 0.3) is 0 Å². The van der Waals surface area contributed by atoms with Gasteiger partial charge in [-0.15, -0.1) is 0 Å². The van der Waals surface area contributed by atoms with Crippen molar-refractivity contribution in [2.75, 3.05) is 12.8 Å². The van der Waals surface area contributed by atoms with Crippen LogP contribution in [-0.4, -0.2) is 12.1 Å². The Labute approximate surface area is 71.5 Å². The van der Waals surface area contributed by atoms with Crippen molar-refractivity contribution in [3.63, 3.8) is 0 Å². The van der Waals surface area contributed by atoms with Crippen LogP contribution in [0.2, 0.25) is 0 Å². The average molecular weight is 167 g/mol. The number of hydrogen-bond donors (Lipinski definition) is 2. The van der Waals surface area contributed by atoms with Crippen molar-refractivity contribution in [3.05, 3.63) is 17.8 Å². The van der Waals surface area contributed by atoms with E-state index in [1.54, 1.807) is 12.3 Å². The van der Waals surface area contributed by atoms with Gasteiger partial charge in [0.15, 0.2) is 0 Å². The second-order valence-corrected chi connectivity index (χ2v) is 2.66. The van der Waals surface area contributed by atoms with E-state index in [9.17, 15) is 0 Å². The van der Waals surface area contributed by atoms with Crippen LogP contribution in [0.4, 0.5) is 5.69 Å². The number of nitrogens with zero attached hydrogens (tertiary/aromatic N) is 1. The van der Waals surface area contributed by atoms with Crippen LogP contribution in [0.1, 0.15) is 18.5 Å². The molecule has 0 spiro atoms. The highest BCUT2D eigenvalue weighted by Crippen LogP contribution is 2.20. The molecule has 0 unspecified atom stereocenters. The lowest BCUT2D eigenvalue weighted by atomic mass is 10.1. The molecule has 0 amide bonds. The molecule has 1 rings (SSSR count). The summed E-state index contributed by atoms with van der Waals surface area (Å²) in [6, 6.07) is 1.72. The second-order valence-electron chi connectivity index (χ2n) is 2.66. The van der Waals surface area contributed by atoms with E-state index in [0.717, 1.165) is 5.56 Å². The summed E-state index contributed by atoms with van der Waals surface area (Å²) in [5, 5.41) is 0. The van der Waals surface area contributed by atoms with Gasteiger partial charge in [-0.1, -0.05) is 0 Å². The van der Waals surface area contributed by atoms with Gasteiger partial charge in [0.05, 0.1) is 12.8 Å². The molecule has 0 aliphatic carbocycles. The number of pyridine rings is 1. The number of ether oxygens (including phenoxy) is 1. The molecule has 4 N–H and O–H groups in total. The van der Waals surface area contributed by atoms with Crippen LogP contribution in [0.15, 0.2) is 12.3 Å². The van der Waals surface area contributed by atoms with E-state index in [2.05, 4.69) is 4.98 Å². The predicted molar refractivity (Wildman–Crippen MR) is 47.8 cm³/mol. The molecule has 4 heteroatoms. The second kappa shape index (κ2) is 3.40. The molecule has 0 aliphatic rings. The number of methoxy groups -OCH3 is 1. The van der Waals surface area contributed by atoms with Gasteiger partial charge < -0.3 is 16.2 Å². The van der Waals surface area contributed by atoms with E-state index in [1.165, 1.54) is 7.11 Å². The van der Waals surface area contributed by atoms with Gasteiger partial charge in [-0.2, -0.15) is 0 Å². The Hall–Kier alpha value is -1.29. The van der Waals surface area contributed by atoms with Crippen molar-refractivity contribution in [3.8, 4) is 5.88 Å². The molecule has 0 aliphatic heterocycles. The molecule has 1 heterocycles. The molecule has 1 aromatic heterocycles. The molecule has 0 aromatic carbocycles. The summed E-state index contributed by atoms with van der Waals surface area (Å²) in [4.78, 5) is 3.99. The zero-order valence-corrected chi connectivity index (χ0v) is 7.24. The van der Waals surface area contributed by atoms with Crippen molar-refractivity contribution < 1.29 is 4.74 Å². The van der Waals surface area contributed by atoms with Gasteiger partial charge in [-0.3, -0.25) is 0 Å². The molecule has 0 radical (unpaired) electrons.